The highest BCUT2D eigenvalue weighted by Gasteiger charge is 2.43. The van der Waals surface area contributed by atoms with Crippen LogP contribution < -0.4 is 0 Å². The topological polar surface area (TPSA) is 23.5 Å². The molecule has 15 heavy (non-hydrogen) atoms. The second kappa shape index (κ2) is 3.94. The summed E-state index contributed by atoms with van der Waals surface area (Å²) < 4.78 is 37.0. The molecule has 2 nitrogen and oxygen atoms in total. The molecule has 2 unspecified atom stereocenters. The van der Waals surface area contributed by atoms with Gasteiger partial charge in [-0.15, -0.1) is 0 Å². The molecule has 0 aliphatic heterocycles. The predicted molar refractivity (Wildman–Crippen MR) is 49.4 cm³/mol. The van der Waals surface area contributed by atoms with E-state index in [9.17, 15) is 18.3 Å². The van der Waals surface area contributed by atoms with Gasteiger partial charge in [-0.3, -0.25) is 4.90 Å². The first kappa shape index (κ1) is 11.2. The molecule has 1 N–H and O–H groups in total. The van der Waals surface area contributed by atoms with Crippen LogP contribution in [-0.4, -0.2) is 40.9 Å². The van der Waals surface area contributed by atoms with Crippen molar-refractivity contribution >= 4 is 0 Å². The SMILES string of the molecule is OC1CCC(N(CC(F)(F)F)C2CC2)C1. The Balaban J connectivity index is 1.94. The predicted octanol–water partition coefficient (Wildman–Crippen LogP) is 1.93. The molecule has 0 aromatic carbocycles. The van der Waals surface area contributed by atoms with Gasteiger partial charge in [-0.2, -0.15) is 13.2 Å². The van der Waals surface area contributed by atoms with Crippen LogP contribution in [0.1, 0.15) is 32.1 Å². The molecule has 88 valence electrons. The van der Waals surface area contributed by atoms with E-state index in [4.69, 9.17) is 0 Å². The van der Waals surface area contributed by atoms with Crippen LogP contribution in [0.3, 0.4) is 0 Å². The highest BCUT2D eigenvalue weighted by molar-refractivity contribution is 4.93. The maximum atomic E-state index is 12.3. The summed E-state index contributed by atoms with van der Waals surface area (Å²) in [6, 6.07) is 0.0519. The third-order valence-electron chi connectivity index (χ3n) is 3.22. The normalized spacial score (nSPS) is 32.6. The molecule has 2 saturated carbocycles. The van der Waals surface area contributed by atoms with Gasteiger partial charge in [0, 0.05) is 12.1 Å². The van der Waals surface area contributed by atoms with E-state index >= 15 is 0 Å². The van der Waals surface area contributed by atoms with Crippen LogP contribution in [0.2, 0.25) is 0 Å². The van der Waals surface area contributed by atoms with E-state index in [2.05, 4.69) is 0 Å². The van der Waals surface area contributed by atoms with Crippen LogP contribution in [0.25, 0.3) is 0 Å². The highest BCUT2D eigenvalue weighted by Crippen LogP contribution is 2.36. The number of aliphatic hydroxyl groups is 1. The van der Waals surface area contributed by atoms with E-state index in [1.807, 2.05) is 0 Å². The van der Waals surface area contributed by atoms with E-state index < -0.39 is 18.8 Å². The Bertz CT molecular complexity index is 227. The van der Waals surface area contributed by atoms with Gasteiger partial charge >= 0.3 is 6.18 Å². The van der Waals surface area contributed by atoms with Gasteiger partial charge in [0.1, 0.15) is 0 Å². The quantitative estimate of drug-likeness (QED) is 0.790. The van der Waals surface area contributed by atoms with Gasteiger partial charge in [0.05, 0.1) is 12.6 Å². The van der Waals surface area contributed by atoms with Crippen LogP contribution in [-0.2, 0) is 0 Å². The average Bonchev–Trinajstić information content (AvgIpc) is 2.84. The third-order valence-corrected chi connectivity index (χ3v) is 3.22. The second-order valence-corrected chi connectivity index (χ2v) is 4.64. The maximum Gasteiger partial charge on any atom is 0.401 e. The number of hydrogen-bond acceptors (Lipinski definition) is 2. The van der Waals surface area contributed by atoms with Gasteiger partial charge in [0.15, 0.2) is 0 Å². The smallest absolute Gasteiger partial charge is 0.393 e. The lowest BCUT2D eigenvalue weighted by Gasteiger charge is -2.29. The molecule has 0 aromatic rings. The van der Waals surface area contributed by atoms with Gasteiger partial charge in [-0.05, 0) is 32.1 Å². The standard InChI is InChI=1S/C10H16F3NO/c11-10(12,13)6-14(7-1-2-7)8-3-4-9(15)5-8/h7-9,15H,1-6H2. The van der Waals surface area contributed by atoms with E-state index in [-0.39, 0.29) is 12.1 Å². The molecule has 0 radical (unpaired) electrons. The van der Waals surface area contributed by atoms with Crippen LogP contribution >= 0.6 is 0 Å². The Kier molecular flexibility index (Phi) is 2.94. The molecule has 0 aromatic heterocycles. The highest BCUT2D eigenvalue weighted by atomic mass is 19.4. The van der Waals surface area contributed by atoms with E-state index in [0.29, 0.717) is 19.3 Å². The van der Waals surface area contributed by atoms with E-state index in [0.717, 1.165) is 12.8 Å². The Labute approximate surface area is 87.1 Å². The molecule has 2 fully saturated rings. The summed E-state index contributed by atoms with van der Waals surface area (Å²) in [6.07, 6.45) is -0.905. The molecule has 0 amide bonds. The van der Waals surface area contributed by atoms with Crippen molar-refractivity contribution in [2.24, 2.45) is 0 Å². The Morgan fingerprint density at radius 3 is 2.07 bits per heavy atom. The molecule has 0 spiro atoms. The first-order valence-corrected chi connectivity index (χ1v) is 5.46. The summed E-state index contributed by atoms with van der Waals surface area (Å²) in [6.45, 7) is -0.810. The lowest BCUT2D eigenvalue weighted by molar-refractivity contribution is -0.152. The molecule has 0 saturated heterocycles. The average molecular weight is 223 g/mol. The fraction of sp³-hybridized carbons (Fsp3) is 1.00. The minimum Gasteiger partial charge on any atom is -0.393 e. The molecule has 0 bridgehead atoms. The largest absolute Gasteiger partial charge is 0.401 e. The Morgan fingerprint density at radius 1 is 1.07 bits per heavy atom. The summed E-state index contributed by atoms with van der Waals surface area (Å²) >= 11 is 0. The van der Waals surface area contributed by atoms with E-state index in [1.165, 1.54) is 0 Å². The summed E-state index contributed by atoms with van der Waals surface area (Å²) in [5.41, 5.74) is 0. The number of aliphatic hydroxyl groups excluding tert-OH is 1. The molecule has 2 aliphatic rings. The van der Waals surface area contributed by atoms with Crippen molar-refractivity contribution in [3.63, 3.8) is 0 Å². The lowest BCUT2D eigenvalue weighted by Crippen LogP contribution is -2.42. The summed E-state index contributed by atoms with van der Waals surface area (Å²) in [4.78, 5) is 1.55. The Morgan fingerprint density at radius 2 is 1.67 bits per heavy atom. The molecule has 2 aliphatic carbocycles. The summed E-state index contributed by atoms with van der Waals surface area (Å²) in [5, 5.41) is 9.34. The zero-order chi connectivity index (χ0) is 11.1. The number of hydrogen-bond donors (Lipinski definition) is 1. The molecular formula is C10H16F3NO. The second-order valence-electron chi connectivity index (χ2n) is 4.64. The van der Waals surface area contributed by atoms with Crippen molar-refractivity contribution in [3.8, 4) is 0 Å². The van der Waals surface area contributed by atoms with Crippen LogP contribution in [0.15, 0.2) is 0 Å². The molecule has 0 heterocycles. The number of alkyl halides is 3. The van der Waals surface area contributed by atoms with Gasteiger partial charge in [0.25, 0.3) is 0 Å². The van der Waals surface area contributed by atoms with E-state index in [1.54, 1.807) is 4.90 Å². The number of nitrogens with zero attached hydrogens (tertiary/aromatic N) is 1. The number of rotatable bonds is 3. The monoisotopic (exact) mass is 223 g/mol. The van der Waals surface area contributed by atoms with Crippen molar-refractivity contribution in [1.29, 1.82) is 0 Å². The van der Waals surface area contributed by atoms with Crippen molar-refractivity contribution in [2.45, 2.75) is 56.5 Å². The van der Waals surface area contributed by atoms with Gasteiger partial charge in [-0.1, -0.05) is 0 Å². The van der Waals surface area contributed by atoms with Gasteiger partial charge < -0.3 is 5.11 Å². The van der Waals surface area contributed by atoms with Crippen molar-refractivity contribution in [1.82, 2.24) is 4.90 Å². The van der Waals surface area contributed by atoms with Crippen molar-refractivity contribution in [2.75, 3.05) is 6.54 Å². The summed E-state index contributed by atoms with van der Waals surface area (Å²) in [7, 11) is 0. The first-order valence-electron chi connectivity index (χ1n) is 5.46. The molecule has 2 atom stereocenters. The summed E-state index contributed by atoms with van der Waals surface area (Å²) in [5.74, 6) is 0. The minimum absolute atomic E-state index is 0.0610. The van der Waals surface area contributed by atoms with Crippen molar-refractivity contribution < 1.29 is 18.3 Å². The van der Waals surface area contributed by atoms with Crippen LogP contribution in [0.4, 0.5) is 13.2 Å². The van der Waals surface area contributed by atoms with Gasteiger partial charge in [0.2, 0.25) is 0 Å². The first-order chi connectivity index (χ1) is 6.96. The molecule has 5 heteroatoms. The zero-order valence-electron chi connectivity index (χ0n) is 8.50. The maximum absolute atomic E-state index is 12.3. The van der Waals surface area contributed by atoms with Crippen LogP contribution in [0, 0.1) is 0 Å². The lowest BCUT2D eigenvalue weighted by atomic mass is 10.2. The third kappa shape index (κ3) is 3.08. The zero-order valence-corrected chi connectivity index (χ0v) is 8.50. The fourth-order valence-corrected chi connectivity index (χ4v) is 2.41. The van der Waals surface area contributed by atoms with Crippen molar-refractivity contribution in [3.05, 3.63) is 0 Å². The molecular weight excluding hydrogens is 207 g/mol. The van der Waals surface area contributed by atoms with Gasteiger partial charge in [-0.25, -0.2) is 0 Å². The van der Waals surface area contributed by atoms with Crippen LogP contribution in [0.5, 0.6) is 0 Å². The molecule has 2 rings (SSSR count). The fourth-order valence-electron chi connectivity index (χ4n) is 2.41. The number of halogens is 3. The minimum atomic E-state index is -4.11. The Hall–Kier alpha value is -0.290.